The lowest BCUT2D eigenvalue weighted by atomic mass is 10.1. The molecule has 3 heteroatoms. The molecule has 1 fully saturated rings. The van der Waals surface area contributed by atoms with Gasteiger partial charge in [-0.1, -0.05) is 18.2 Å². The number of rotatable bonds is 5. The standard InChI is InChI=1S/C13H20N2O/c1-10(14)12-4-2-3-5-13(12)15(8-9-16)11-6-7-11/h2-5,10-11,16H,6-9,14H2,1H3/t10-/m0/s1. The van der Waals surface area contributed by atoms with E-state index in [1.165, 1.54) is 24.1 Å². The number of nitrogens with zero attached hydrogens (tertiary/aromatic N) is 1. The van der Waals surface area contributed by atoms with E-state index in [1.807, 2.05) is 19.1 Å². The maximum atomic E-state index is 9.13. The number of nitrogens with two attached hydrogens (primary N) is 1. The summed E-state index contributed by atoms with van der Waals surface area (Å²) in [5.74, 6) is 0. The molecule has 0 amide bonds. The Kier molecular flexibility index (Phi) is 3.46. The Labute approximate surface area is 96.9 Å². The van der Waals surface area contributed by atoms with E-state index in [1.54, 1.807) is 0 Å². The van der Waals surface area contributed by atoms with Gasteiger partial charge in [-0.2, -0.15) is 0 Å². The third-order valence-electron chi connectivity index (χ3n) is 3.07. The SMILES string of the molecule is C[C@H](N)c1ccccc1N(CCO)C1CC1. The van der Waals surface area contributed by atoms with Gasteiger partial charge in [0.15, 0.2) is 0 Å². The summed E-state index contributed by atoms with van der Waals surface area (Å²) in [7, 11) is 0. The first kappa shape index (κ1) is 11.4. The van der Waals surface area contributed by atoms with Gasteiger partial charge in [-0.3, -0.25) is 0 Å². The minimum absolute atomic E-state index is 0.0381. The zero-order chi connectivity index (χ0) is 11.5. The van der Waals surface area contributed by atoms with Crippen molar-refractivity contribution >= 4 is 5.69 Å². The minimum Gasteiger partial charge on any atom is -0.395 e. The van der Waals surface area contributed by atoms with E-state index in [9.17, 15) is 0 Å². The number of hydrogen-bond acceptors (Lipinski definition) is 3. The lowest BCUT2D eigenvalue weighted by molar-refractivity contribution is 0.301. The highest BCUT2D eigenvalue weighted by atomic mass is 16.3. The van der Waals surface area contributed by atoms with E-state index in [4.69, 9.17) is 10.8 Å². The Morgan fingerprint density at radius 3 is 2.69 bits per heavy atom. The molecular weight excluding hydrogens is 200 g/mol. The highest BCUT2D eigenvalue weighted by molar-refractivity contribution is 5.56. The van der Waals surface area contributed by atoms with Gasteiger partial charge >= 0.3 is 0 Å². The van der Waals surface area contributed by atoms with Crippen LogP contribution in [0.5, 0.6) is 0 Å². The Hall–Kier alpha value is -1.06. The molecular formula is C13H20N2O. The number of aliphatic hydroxyl groups is 1. The number of benzene rings is 1. The third-order valence-corrected chi connectivity index (χ3v) is 3.07. The van der Waals surface area contributed by atoms with E-state index in [0.717, 1.165) is 0 Å². The lowest BCUT2D eigenvalue weighted by Crippen LogP contribution is -2.30. The van der Waals surface area contributed by atoms with E-state index < -0.39 is 0 Å². The van der Waals surface area contributed by atoms with Crippen molar-refractivity contribution in [3.8, 4) is 0 Å². The van der Waals surface area contributed by atoms with Crippen molar-refractivity contribution < 1.29 is 5.11 Å². The Balaban J connectivity index is 2.28. The largest absolute Gasteiger partial charge is 0.395 e. The quantitative estimate of drug-likeness (QED) is 0.793. The second-order valence-corrected chi connectivity index (χ2v) is 4.50. The lowest BCUT2D eigenvalue weighted by Gasteiger charge is -2.27. The predicted molar refractivity (Wildman–Crippen MR) is 66.5 cm³/mol. The molecule has 0 heterocycles. The average molecular weight is 220 g/mol. The first-order valence-corrected chi connectivity index (χ1v) is 5.96. The van der Waals surface area contributed by atoms with Crippen molar-refractivity contribution in [3.05, 3.63) is 29.8 Å². The van der Waals surface area contributed by atoms with Crippen molar-refractivity contribution in [2.75, 3.05) is 18.1 Å². The van der Waals surface area contributed by atoms with E-state index in [0.29, 0.717) is 12.6 Å². The molecule has 2 rings (SSSR count). The molecule has 0 bridgehead atoms. The summed E-state index contributed by atoms with van der Waals surface area (Å²) < 4.78 is 0. The van der Waals surface area contributed by atoms with E-state index in [-0.39, 0.29) is 12.6 Å². The van der Waals surface area contributed by atoms with Gasteiger partial charge in [0.2, 0.25) is 0 Å². The van der Waals surface area contributed by atoms with Crippen LogP contribution in [0.3, 0.4) is 0 Å². The van der Waals surface area contributed by atoms with Crippen LogP contribution in [-0.4, -0.2) is 24.3 Å². The van der Waals surface area contributed by atoms with Gasteiger partial charge in [0.25, 0.3) is 0 Å². The Morgan fingerprint density at radius 2 is 2.12 bits per heavy atom. The molecule has 1 aliphatic carbocycles. The molecule has 1 atom stereocenters. The summed E-state index contributed by atoms with van der Waals surface area (Å²) in [6.07, 6.45) is 2.46. The Morgan fingerprint density at radius 1 is 1.44 bits per heavy atom. The topological polar surface area (TPSA) is 49.5 Å². The van der Waals surface area contributed by atoms with Crippen LogP contribution in [0.15, 0.2) is 24.3 Å². The monoisotopic (exact) mass is 220 g/mol. The summed E-state index contributed by atoms with van der Waals surface area (Å²) in [5.41, 5.74) is 8.34. The van der Waals surface area contributed by atoms with Crippen molar-refractivity contribution in [2.24, 2.45) is 5.73 Å². The molecule has 3 N–H and O–H groups in total. The van der Waals surface area contributed by atoms with Gasteiger partial charge in [-0.15, -0.1) is 0 Å². The molecule has 88 valence electrons. The van der Waals surface area contributed by atoms with Crippen LogP contribution < -0.4 is 10.6 Å². The molecule has 0 aromatic heterocycles. The summed E-state index contributed by atoms with van der Waals surface area (Å²) in [6.45, 7) is 2.90. The van der Waals surface area contributed by atoms with E-state index in [2.05, 4.69) is 17.0 Å². The number of hydrogen-bond donors (Lipinski definition) is 2. The second kappa shape index (κ2) is 4.85. The van der Waals surface area contributed by atoms with Crippen LogP contribution in [0.25, 0.3) is 0 Å². The zero-order valence-corrected chi connectivity index (χ0v) is 9.76. The van der Waals surface area contributed by atoms with E-state index >= 15 is 0 Å². The highest BCUT2D eigenvalue weighted by Gasteiger charge is 2.30. The molecule has 16 heavy (non-hydrogen) atoms. The zero-order valence-electron chi connectivity index (χ0n) is 9.76. The van der Waals surface area contributed by atoms with Crippen molar-refractivity contribution in [3.63, 3.8) is 0 Å². The fourth-order valence-corrected chi connectivity index (χ4v) is 2.13. The van der Waals surface area contributed by atoms with Crippen molar-refractivity contribution in [2.45, 2.75) is 31.8 Å². The molecule has 1 aromatic carbocycles. The maximum absolute atomic E-state index is 9.13. The van der Waals surface area contributed by atoms with Crippen LogP contribution in [0.1, 0.15) is 31.4 Å². The third kappa shape index (κ3) is 2.36. The molecule has 1 aliphatic rings. The normalized spacial score (nSPS) is 17.2. The predicted octanol–water partition coefficient (Wildman–Crippen LogP) is 1.67. The first-order chi connectivity index (χ1) is 7.74. The minimum atomic E-state index is 0.0381. The van der Waals surface area contributed by atoms with Gasteiger partial charge in [-0.25, -0.2) is 0 Å². The van der Waals surface area contributed by atoms with Crippen LogP contribution in [0, 0.1) is 0 Å². The first-order valence-electron chi connectivity index (χ1n) is 5.96. The molecule has 1 saturated carbocycles. The highest BCUT2D eigenvalue weighted by Crippen LogP contribution is 2.34. The fourth-order valence-electron chi connectivity index (χ4n) is 2.13. The molecule has 0 saturated heterocycles. The van der Waals surface area contributed by atoms with Crippen LogP contribution in [0.2, 0.25) is 0 Å². The second-order valence-electron chi connectivity index (χ2n) is 4.50. The van der Waals surface area contributed by atoms with Gasteiger partial charge < -0.3 is 15.7 Å². The molecule has 0 unspecified atom stereocenters. The van der Waals surface area contributed by atoms with Crippen LogP contribution in [-0.2, 0) is 0 Å². The summed E-state index contributed by atoms with van der Waals surface area (Å²) >= 11 is 0. The molecule has 3 nitrogen and oxygen atoms in total. The summed E-state index contributed by atoms with van der Waals surface area (Å²) in [6, 6.07) is 8.88. The molecule has 1 aromatic rings. The van der Waals surface area contributed by atoms with Crippen LogP contribution >= 0.6 is 0 Å². The summed E-state index contributed by atoms with van der Waals surface area (Å²) in [4.78, 5) is 2.29. The molecule has 0 aliphatic heterocycles. The van der Waals surface area contributed by atoms with Gasteiger partial charge in [0.1, 0.15) is 0 Å². The molecule has 0 spiro atoms. The maximum Gasteiger partial charge on any atom is 0.0606 e. The summed E-state index contributed by atoms with van der Waals surface area (Å²) in [5, 5.41) is 9.13. The van der Waals surface area contributed by atoms with Crippen molar-refractivity contribution in [1.29, 1.82) is 0 Å². The smallest absolute Gasteiger partial charge is 0.0606 e. The fraction of sp³-hybridized carbons (Fsp3) is 0.538. The van der Waals surface area contributed by atoms with Gasteiger partial charge in [-0.05, 0) is 31.4 Å². The average Bonchev–Trinajstić information content (AvgIpc) is 3.10. The van der Waals surface area contributed by atoms with Crippen LogP contribution in [0.4, 0.5) is 5.69 Å². The Bertz CT molecular complexity index is 348. The number of anilines is 1. The van der Waals surface area contributed by atoms with Gasteiger partial charge in [0, 0.05) is 24.3 Å². The van der Waals surface area contributed by atoms with Gasteiger partial charge in [0.05, 0.1) is 6.61 Å². The molecule has 0 radical (unpaired) electrons. The number of para-hydroxylation sites is 1. The number of aliphatic hydroxyl groups excluding tert-OH is 1. The van der Waals surface area contributed by atoms with Crippen molar-refractivity contribution in [1.82, 2.24) is 0 Å².